The molecule has 3 rings (SSSR count). The van der Waals surface area contributed by atoms with Gasteiger partial charge in [0.25, 0.3) is 5.91 Å². The lowest BCUT2D eigenvalue weighted by Gasteiger charge is -2.14. The summed E-state index contributed by atoms with van der Waals surface area (Å²) in [5, 5.41) is 13.6. The fourth-order valence-electron chi connectivity index (χ4n) is 2.94. The maximum absolute atomic E-state index is 12.5. The summed E-state index contributed by atoms with van der Waals surface area (Å²) < 4.78 is 1.90. The van der Waals surface area contributed by atoms with E-state index in [1.165, 1.54) is 10.5 Å². The molecule has 1 amide bonds. The van der Waals surface area contributed by atoms with Crippen LogP contribution in [0, 0.1) is 6.92 Å². The van der Waals surface area contributed by atoms with Crippen molar-refractivity contribution >= 4 is 5.91 Å². The molecule has 1 aromatic carbocycles. The molecule has 0 saturated heterocycles. The number of aliphatic hydroxyl groups is 1. The fraction of sp³-hybridized carbons (Fsp3) is 0.412. The van der Waals surface area contributed by atoms with Gasteiger partial charge in [0, 0.05) is 24.8 Å². The zero-order valence-corrected chi connectivity index (χ0v) is 13.0. The monoisotopic (exact) mass is 299 g/mol. The van der Waals surface area contributed by atoms with E-state index in [-0.39, 0.29) is 12.5 Å². The predicted octanol–water partition coefficient (Wildman–Crippen LogP) is 1.73. The van der Waals surface area contributed by atoms with Crippen molar-refractivity contribution in [1.29, 1.82) is 0 Å². The van der Waals surface area contributed by atoms with Gasteiger partial charge in [-0.2, -0.15) is 5.10 Å². The average Bonchev–Trinajstić information content (AvgIpc) is 3.10. The quantitative estimate of drug-likeness (QED) is 0.935. The summed E-state index contributed by atoms with van der Waals surface area (Å²) in [6.45, 7) is 2.34. The number of aryl methyl sites for hydroxylation is 1. The van der Waals surface area contributed by atoms with Crippen LogP contribution in [0.3, 0.4) is 0 Å². The molecular weight excluding hydrogens is 278 g/mol. The van der Waals surface area contributed by atoms with E-state index in [9.17, 15) is 4.79 Å². The summed E-state index contributed by atoms with van der Waals surface area (Å²) >= 11 is 0. The maximum atomic E-state index is 12.5. The van der Waals surface area contributed by atoms with E-state index in [0.717, 1.165) is 36.2 Å². The van der Waals surface area contributed by atoms with E-state index in [1.54, 1.807) is 7.05 Å². The number of likely N-dealkylation sites (N-methyl/N-ethyl adjacent to an activating group) is 1. The van der Waals surface area contributed by atoms with Crippen molar-refractivity contribution in [3.8, 4) is 5.69 Å². The minimum absolute atomic E-state index is 0.0386. The third kappa shape index (κ3) is 2.52. The van der Waals surface area contributed by atoms with E-state index in [1.807, 2.05) is 16.8 Å². The first kappa shape index (κ1) is 14.8. The van der Waals surface area contributed by atoms with Gasteiger partial charge in [0.2, 0.25) is 0 Å². The molecule has 0 atom stereocenters. The second-order valence-electron chi connectivity index (χ2n) is 5.83. The van der Waals surface area contributed by atoms with Gasteiger partial charge in [0.15, 0.2) is 5.69 Å². The van der Waals surface area contributed by atoms with E-state index in [2.05, 4.69) is 24.2 Å². The first-order valence-electron chi connectivity index (χ1n) is 7.66. The van der Waals surface area contributed by atoms with Gasteiger partial charge in [-0.1, -0.05) is 17.7 Å². The number of nitrogens with zero attached hydrogens (tertiary/aromatic N) is 3. The van der Waals surface area contributed by atoms with E-state index in [0.29, 0.717) is 12.2 Å². The van der Waals surface area contributed by atoms with E-state index >= 15 is 0 Å². The Morgan fingerprint density at radius 1 is 1.32 bits per heavy atom. The Hall–Kier alpha value is -2.14. The van der Waals surface area contributed by atoms with Crippen LogP contribution < -0.4 is 0 Å². The number of aliphatic hydroxyl groups excluding tert-OH is 1. The molecule has 0 spiro atoms. The average molecular weight is 299 g/mol. The number of carbonyl (C=O) groups excluding carboxylic acids is 1. The first-order chi connectivity index (χ1) is 10.6. The molecule has 1 aromatic heterocycles. The third-order valence-electron chi connectivity index (χ3n) is 4.19. The Kier molecular flexibility index (Phi) is 3.98. The minimum atomic E-state index is -0.113. The second-order valence-corrected chi connectivity index (χ2v) is 5.83. The van der Waals surface area contributed by atoms with Crippen LogP contribution >= 0.6 is 0 Å². The van der Waals surface area contributed by atoms with E-state index < -0.39 is 0 Å². The fourth-order valence-corrected chi connectivity index (χ4v) is 2.94. The highest BCUT2D eigenvalue weighted by molar-refractivity contribution is 5.94. The third-order valence-corrected chi connectivity index (χ3v) is 4.19. The van der Waals surface area contributed by atoms with Crippen molar-refractivity contribution in [1.82, 2.24) is 14.7 Å². The van der Waals surface area contributed by atoms with Crippen LogP contribution in [0.15, 0.2) is 24.3 Å². The summed E-state index contributed by atoms with van der Waals surface area (Å²) in [5.74, 6) is -0.113. The molecule has 1 aliphatic carbocycles. The van der Waals surface area contributed by atoms with E-state index in [4.69, 9.17) is 5.11 Å². The zero-order chi connectivity index (χ0) is 15.7. The molecule has 116 valence electrons. The van der Waals surface area contributed by atoms with Gasteiger partial charge < -0.3 is 10.0 Å². The summed E-state index contributed by atoms with van der Waals surface area (Å²) in [7, 11) is 1.70. The Labute approximate surface area is 130 Å². The Bertz CT molecular complexity index is 689. The standard InChI is InChI=1S/C17H21N3O2/c1-12-6-8-13(9-7-12)20-15-5-3-4-14(15)16(18-20)17(22)19(2)10-11-21/h6-9,21H,3-5,10-11H2,1-2H3. The molecule has 2 aromatic rings. The number of carbonyl (C=O) groups is 1. The van der Waals surface area contributed by atoms with Crippen LogP contribution in [0.1, 0.15) is 33.7 Å². The van der Waals surface area contributed by atoms with Gasteiger partial charge in [-0.05, 0) is 38.3 Å². The number of aromatic nitrogens is 2. The number of hydrogen-bond donors (Lipinski definition) is 1. The van der Waals surface area contributed by atoms with Crippen molar-refractivity contribution < 1.29 is 9.90 Å². The Morgan fingerprint density at radius 3 is 2.73 bits per heavy atom. The summed E-state index contributed by atoms with van der Waals surface area (Å²) in [5.41, 5.74) is 4.93. The number of amides is 1. The second kappa shape index (κ2) is 5.93. The summed E-state index contributed by atoms with van der Waals surface area (Å²) in [4.78, 5) is 14.1. The van der Waals surface area contributed by atoms with Crippen molar-refractivity contribution in [2.75, 3.05) is 20.2 Å². The van der Waals surface area contributed by atoms with Crippen molar-refractivity contribution in [2.24, 2.45) is 0 Å². The predicted molar refractivity (Wildman–Crippen MR) is 84.4 cm³/mol. The van der Waals surface area contributed by atoms with Crippen LogP contribution in [-0.4, -0.2) is 45.9 Å². The molecule has 0 fully saturated rings. The largest absolute Gasteiger partial charge is 0.395 e. The van der Waals surface area contributed by atoms with Gasteiger partial charge in [0.05, 0.1) is 12.3 Å². The Morgan fingerprint density at radius 2 is 2.05 bits per heavy atom. The number of hydrogen-bond acceptors (Lipinski definition) is 3. The first-order valence-corrected chi connectivity index (χ1v) is 7.66. The summed E-state index contributed by atoms with van der Waals surface area (Å²) in [6.07, 6.45) is 2.91. The van der Waals surface area contributed by atoms with Crippen LogP contribution in [0.4, 0.5) is 0 Å². The number of rotatable bonds is 4. The van der Waals surface area contributed by atoms with Gasteiger partial charge >= 0.3 is 0 Å². The SMILES string of the molecule is Cc1ccc(-n2nc(C(=O)N(C)CCO)c3c2CCC3)cc1. The van der Waals surface area contributed by atoms with Crippen molar-refractivity contribution in [3.05, 3.63) is 46.8 Å². The molecule has 1 N–H and O–H groups in total. The van der Waals surface area contributed by atoms with Crippen LogP contribution in [0.5, 0.6) is 0 Å². The van der Waals surface area contributed by atoms with Gasteiger partial charge in [0.1, 0.15) is 0 Å². The molecule has 0 aliphatic heterocycles. The highest BCUT2D eigenvalue weighted by atomic mass is 16.3. The highest BCUT2D eigenvalue weighted by Crippen LogP contribution is 2.28. The van der Waals surface area contributed by atoms with Gasteiger partial charge in [-0.25, -0.2) is 4.68 Å². The van der Waals surface area contributed by atoms with Crippen molar-refractivity contribution in [3.63, 3.8) is 0 Å². The van der Waals surface area contributed by atoms with Gasteiger partial charge in [-0.15, -0.1) is 0 Å². The molecule has 1 aliphatic rings. The van der Waals surface area contributed by atoms with Crippen molar-refractivity contribution in [2.45, 2.75) is 26.2 Å². The number of fused-ring (bicyclic) bond motifs is 1. The van der Waals surface area contributed by atoms with Crippen LogP contribution in [-0.2, 0) is 12.8 Å². The van der Waals surface area contributed by atoms with Crippen LogP contribution in [0.2, 0.25) is 0 Å². The molecule has 5 nitrogen and oxygen atoms in total. The molecule has 0 saturated carbocycles. The van der Waals surface area contributed by atoms with Gasteiger partial charge in [-0.3, -0.25) is 4.79 Å². The normalized spacial score (nSPS) is 13.2. The maximum Gasteiger partial charge on any atom is 0.274 e. The lowest BCUT2D eigenvalue weighted by Crippen LogP contribution is -2.30. The number of benzene rings is 1. The molecule has 5 heteroatoms. The molecule has 0 bridgehead atoms. The highest BCUT2D eigenvalue weighted by Gasteiger charge is 2.28. The molecular formula is C17H21N3O2. The van der Waals surface area contributed by atoms with Crippen LogP contribution in [0.25, 0.3) is 5.69 Å². The lowest BCUT2D eigenvalue weighted by atomic mass is 10.2. The summed E-state index contributed by atoms with van der Waals surface area (Å²) in [6, 6.07) is 8.18. The topological polar surface area (TPSA) is 58.4 Å². The minimum Gasteiger partial charge on any atom is -0.395 e. The zero-order valence-electron chi connectivity index (χ0n) is 13.0. The Balaban J connectivity index is 2.02. The molecule has 1 heterocycles. The smallest absolute Gasteiger partial charge is 0.274 e. The molecule has 22 heavy (non-hydrogen) atoms. The molecule has 0 radical (unpaired) electrons. The molecule has 0 unspecified atom stereocenters. The lowest BCUT2D eigenvalue weighted by molar-refractivity contribution is 0.0759.